The standard InChI is InChI=1S/C43H45B18N3O/c44-21-15(24(47)27(50)18-16(21)28(51)32(55)33(56)29(18)52)17-25(48)22(45)13(23(46)26(17)49)11-7-4-8-12(9-11)42-62-41(10-5-2-1-3-6-10)63-43(64-42)20-14-19-30(53)34(57)36(59)38(61)40(19)65-39(14)37(60)35(58)31(20)54/h1-9H,44-61H2. The summed E-state index contributed by atoms with van der Waals surface area (Å²) in [7, 11) is 40.8. The van der Waals surface area contributed by atoms with E-state index in [9.17, 15) is 0 Å². The second kappa shape index (κ2) is 16.3. The summed E-state index contributed by atoms with van der Waals surface area (Å²) in [4.78, 5) is 16.0. The van der Waals surface area contributed by atoms with Crippen LogP contribution in [0.1, 0.15) is 0 Å². The Balaban J connectivity index is 1.27. The van der Waals surface area contributed by atoms with Crippen LogP contribution in [-0.2, 0) is 0 Å². The predicted octanol–water partition coefficient (Wildman–Crippen LogP) is -20.1. The molecule has 2 aromatic heterocycles. The minimum absolute atomic E-state index is 0.642. The number of furan rings is 1. The SMILES string of the molecule is Bc1c(B)c(-c2c(B)c(B)c3c(B)c(B)c(B)c(B)c3c2B)c(B)c(B)c1-c1cccc(-c2nc(-c3ccccc3)nc(-c3c(B)c(B)c(B)c4oc5c(B)c(B)c(B)c(B)c5c34)n2)c1. The van der Waals surface area contributed by atoms with Crippen LogP contribution in [0, 0.1) is 0 Å². The largest absolute Gasteiger partial charge is 0.457 e. The molecule has 0 radical (unpaired) electrons. The predicted molar refractivity (Wildman–Crippen MR) is 339 cm³/mol. The maximum atomic E-state index is 6.89. The molecule has 292 valence electrons. The van der Waals surface area contributed by atoms with E-state index >= 15 is 0 Å². The minimum atomic E-state index is 0.642. The van der Waals surface area contributed by atoms with E-state index in [0.29, 0.717) is 17.5 Å². The third kappa shape index (κ3) is 6.65. The van der Waals surface area contributed by atoms with Crippen LogP contribution in [0.4, 0.5) is 0 Å². The molecule has 65 heavy (non-hydrogen) atoms. The molecule has 0 fully saturated rings. The first kappa shape index (κ1) is 45.0. The van der Waals surface area contributed by atoms with Crippen molar-refractivity contribution in [3.8, 4) is 56.4 Å². The van der Waals surface area contributed by atoms with Crippen molar-refractivity contribution in [2.24, 2.45) is 0 Å². The fourth-order valence-corrected chi connectivity index (χ4v) is 11.3. The van der Waals surface area contributed by atoms with Crippen molar-refractivity contribution in [2.75, 3.05) is 0 Å². The van der Waals surface area contributed by atoms with Crippen LogP contribution in [0.25, 0.3) is 89.1 Å². The lowest BCUT2D eigenvalue weighted by atomic mass is 9.56. The molecular weight excluding hydrogens is 769 g/mol. The van der Waals surface area contributed by atoms with E-state index in [-0.39, 0.29) is 0 Å². The van der Waals surface area contributed by atoms with Crippen molar-refractivity contribution in [2.45, 2.75) is 0 Å². The molecule has 0 amide bonds. The number of hydrogen-bond acceptors (Lipinski definition) is 4. The second-order valence-corrected chi connectivity index (χ2v) is 19.3. The van der Waals surface area contributed by atoms with E-state index in [1.807, 2.05) is 18.2 Å². The maximum absolute atomic E-state index is 6.89. The normalized spacial score (nSPS) is 11.6. The summed E-state index contributed by atoms with van der Waals surface area (Å²) in [6.07, 6.45) is 0. The maximum Gasteiger partial charge on any atom is 0.164 e. The molecule has 0 aliphatic carbocycles. The molecule has 9 rings (SSSR count). The Morgan fingerprint density at radius 2 is 0.631 bits per heavy atom. The topological polar surface area (TPSA) is 51.8 Å². The molecule has 0 saturated heterocycles. The number of rotatable bonds is 5. The highest BCUT2D eigenvalue weighted by molar-refractivity contribution is 6.74. The highest BCUT2D eigenvalue weighted by atomic mass is 16.3. The molecule has 9 aromatic rings. The van der Waals surface area contributed by atoms with Crippen LogP contribution < -0.4 is 98.3 Å². The fourth-order valence-electron chi connectivity index (χ4n) is 11.3. The van der Waals surface area contributed by atoms with E-state index < -0.39 is 0 Å². The summed E-state index contributed by atoms with van der Waals surface area (Å²) in [5.41, 5.74) is 33.3. The van der Waals surface area contributed by atoms with Gasteiger partial charge in [-0.3, -0.25) is 0 Å². The monoisotopic (exact) mass is 818 g/mol. The zero-order valence-corrected chi connectivity index (χ0v) is 41.9. The molecule has 4 nitrogen and oxygen atoms in total. The van der Waals surface area contributed by atoms with E-state index in [4.69, 9.17) is 19.4 Å². The van der Waals surface area contributed by atoms with Gasteiger partial charge in [-0.2, -0.15) is 0 Å². The van der Waals surface area contributed by atoms with Gasteiger partial charge >= 0.3 is 0 Å². The Hall–Kier alpha value is -5.22. The number of nitrogens with zero attached hydrogens (tertiary/aromatic N) is 3. The van der Waals surface area contributed by atoms with Gasteiger partial charge in [0.1, 0.15) is 152 Å². The Labute approximate surface area is 400 Å². The van der Waals surface area contributed by atoms with Gasteiger partial charge in [-0.05, 0) is 39.1 Å². The molecule has 0 spiro atoms. The smallest absolute Gasteiger partial charge is 0.164 e. The number of hydrogen-bond donors (Lipinski definition) is 0. The molecule has 0 N–H and O–H groups in total. The number of fused-ring (bicyclic) bond motifs is 4. The Kier molecular flexibility index (Phi) is 11.3. The molecule has 0 aliphatic rings. The first-order valence-electron chi connectivity index (χ1n) is 23.2. The lowest BCUT2D eigenvalue weighted by Gasteiger charge is -2.28. The molecule has 2 heterocycles. The Morgan fingerprint density at radius 3 is 1.22 bits per heavy atom. The molecule has 0 atom stereocenters. The molecule has 0 bridgehead atoms. The van der Waals surface area contributed by atoms with Gasteiger partial charge in [0, 0.05) is 27.5 Å². The second-order valence-electron chi connectivity index (χ2n) is 19.3. The number of aromatic nitrogens is 3. The summed E-state index contributed by atoms with van der Waals surface area (Å²) in [5.74, 6) is 1.94. The molecule has 0 saturated carbocycles. The molecule has 0 aliphatic heterocycles. The van der Waals surface area contributed by atoms with Crippen LogP contribution in [0.2, 0.25) is 0 Å². The van der Waals surface area contributed by atoms with Crippen molar-refractivity contribution >= 4 is 272 Å². The average molecular weight is 814 g/mol. The van der Waals surface area contributed by atoms with Crippen LogP contribution in [0.5, 0.6) is 0 Å². The van der Waals surface area contributed by atoms with Gasteiger partial charge in [-0.15, -0.1) is 16.4 Å². The van der Waals surface area contributed by atoms with E-state index in [1.54, 1.807) is 0 Å². The summed E-state index contributed by atoms with van der Waals surface area (Å²) in [5, 5.41) is 5.05. The third-order valence-electron chi connectivity index (χ3n) is 16.3. The lowest BCUT2D eigenvalue weighted by molar-refractivity contribution is 0.675. The van der Waals surface area contributed by atoms with Gasteiger partial charge in [0.15, 0.2) is 17.5 Å². The van der Waals surface area contributed by atoms with Crippen LogP contribution in [0.3, 0.4) is 0 Å². The fraction of sp³-hybridized carbons (Fsp3) is 0. The van der Waals surface area contributed by atoms with Gasteiger partial charge in [0.25, 0.3) is 0 Å². The quantitative estimate of drug-likeness (QED) is 0.162. The molecular formula is C43H45B18N3O. The molecule has 7 aromatic carbocycles. The van der Waals surface area contributed by atoms with Gasteiger partial charge in [0.2, 0.25) is 0 Å². The van der Waals surface area contributed by atoms with E-state index in [0.717, 1.165) is 55.1 Å². The van der Waals surface area contributed by atoms with Gasteiger partial charge in [0.05, 0.1) is 0 Å². The van der Waals surface area contributed by atoms with E-state index in [2.05, 4.69) is 178 Å². The van der Waals surface area contributed by atoms with Crippen LogP contribution in [0.15, 0.2) is 59.0 Å². The first-order chi connectivity index (χ1) is 30.8. The number of benzene rings is 7. The zero-order chi connectivity index (χ0) is 46.8. The lowest BCUT2D eigenvalue weighted by Crippen LogP contribution is -2.53. The highest BCUT2D eigenvalue weighted by Gasteiger charge is 2.27. The Morgan fingerprint density at radius 1 is 0.262 bits per heavy atom. The van der Waals surface area contributed by atoms with Gasteiger partial charge < -0.3 is 4.42 Å². The van der Waals surface area contributed by atoms with Crippen molar-refractivity contribution in [1.82, 2.24) is 15.0 Å². The van der Waals surface area contributed by atoms with Crippen LogP contribution in [-0.4, -0.2) is 156 Å². The Bertz CT molecular complexity index is 3570. The zero-order valence-electron chi connectivity index (χ0n) is 41.9. The van der Waals surface area contributed by atoms with E-state index in [1.165, 1.54) is 115 Å². The van der Waals surface area contributed by atoms with Crippen molar-refractivity contribution in [3.05, 3.63) is 54.6 Å². The average Bonchev–Trinajstić information content (AvgIpc) is 3.70. The van der Waals surface area contributed by atoms with Crippen molar-refractivity contribution in [3.63, 3.8) is 0 Å². The van der Waals surface area contributed by atoms with Gasteiger partial charge in [-0.1, -0.05) is 130 Å². The van der Waals surface area contributed by atoms with Crippen molar-refractivity contribution < 1.29 is 4.42 Å². The first-order valence-corrected chi connectivity index (χ1v) is 23.2. The molecule has 22 heteroatoms. The summed E-state index contributed by atoms with van der Waals surface area (Å²) < 4.78 is 6.89. The summed E-state index contributed by atoms with van der Waals surface area (Å²) in [6, 6.07) is 19.1. The summed E-state index contributed by atoms with van der Waals surface area (Å²) >= 11 is 0. The van der Waals surface area contributed by atoms with Crippen LogP contribution >= 0.6 is 0 Å². The third-order valence-corrected chi connectivity index (χ3v) is 16.3. The van der Waals surface area contributed by atoms with Crippen molar-refractivity contribution in [1.29, 1.82) is 0 Å². The molecule has 0 unspecified atom stereocenters. The van der Waals surface area contributed by atoms with Gasteiger partial charge in [-0.25, -0.2) is 15.0 Å². The highest BCUT2D eigenvalue weighted by Crippen LogP contribution is 2.33. The minimum Gasteiger partial charge on any atom is -0.457 e. The summed E-state index contributed by atoms with van der Waals surface area (Å²) in [6.45, 7) is 0.